The third-order valence-corrected chi connectivity index (χ3v) is 7.60. The molecule has 25 heavy (non-hydrogen) atoms. The molecule has 0 aromatic carbocycles. The molecule has 3 aliphatic rings. The second-order valence-electron chi connectivity index (χ2n) is 6.57. The Labute approximate surface area is 187 Å². The molecule has 3 rings (SSSR count). The average Bonchev–Trinajstić information content (AvgIpc) is 3.18. The molecule has 0 heterocycles. The van der Waals surface area contributed by atoms with Gasteiger partial charge in [0.15, 0.2) is 0 Å². The number of allylic oxidation sites excluding steroid dienone is 4. The number of hydrogen-bond acceptors (Lipinski definition) is 0. The summed E-state index contributed by atoms with van der Waals surface area (Å²) < 4.78 is 0. The Hall–Kier alpha value is 2.02. The zero-order valence-electron chi connectivity index (χ0n) is 15.9. The van der Waals surface area contributed by atoms with Crippen LogP contribution in [0.25, 0.3) is 0 Å². The topological polar surface area (TPSA) is 0 Å². The van der Waals surface area contributed by atoms with Gasteiger partial charge in [0.1, 0.15) is 0 Å². The zero-order valence-corrected chi connectivity index (χ0v) is 22.3. The fourth-order valence-corrected chi connectivity index (χ4v) is 5.92. The Bertz CT molecular complexity index is 374. The van der Waals surface area contributed by atoms with E-state index in [4.69, 9.17) is 39.9 Å². The molecule has 144 valence electrons. The molecule has 0 amide bonds. The van der Waals surface area contributed by atoms with E-state index >= 15 is 0 Å². The fraction of sp³-hybridized carbons (Fsp3) is 0.667. The fourth-order valence-electron chi connectivity index (χ4n) is 3.74. The summed E-state index contributed by atoms with van der Waals surface area (Å²) in [5.74, 6) is 2.36. The van der Waals surface area contributed by atoms with Gasteiger partial charge in [-0.2, -0.15) is 22.9 Å². The number of halogens is 4. The van der Waals surface area contributed by atoms with E-state index in [-0.39, 0.29) is 28.3 Å². The van der Waals surface area contributed by atoms with Crippen LogP contribution >= 0.6 is 47.9 Å². The van der Waals surface area contributed by atoms with Crippen LogP contribution in [-0.4, -0.2) is 24.5 Å². The monoisotopic (exact) mass is 520 g/mol. The van der Waals surface area contributed by atoms with E-state index in [0.717, 1.165) is 17.5 Å². The molecule has 0 N–H and O–H groups in total. The molecule has 7 heteroatoms. The van der Waals surface area contributed by atoms with E-state index in [0.29, 0.717) is 5.82 Å². The number of fused-ring (bicyclic) bond motifs is 1. The van der Waals surface area contributed by atoms with Gasteiger partial charge in [0, 0.05) is 0 Å². The second-order valence-corrected chi connectivity index (χ2v) is 14.1. The van der Waals surface area contributed by atoms with Gasteiger partial charge in [-0.1, -0.05) is 50.0 Å². The van der Waals surface area contributed by atoms with Crippen molar-refractivity contribution in [1.29, 1.82) is 0 Å². The molecular weight excluding hydrogens is 491 g/mol. The van der Waals surface area contributed by atoms with Crippen molar-refractivity contribution in [2.45, 2.75) is 50.0 Å². The molecule has 0 bridgehead atoms. The molecule has 3 atom stereocenters. The molecule has 3 aliphatic carbocycles. The Morgan fingerprint density at radius 3 is 1.88 bits per heavy atom. The van der Waals surface area contributed by atoms with Gasteiger partial charge in [0.2, 0.25) is 0 Å². The van der Waals surface area contributed by atoms with Crippen molar-refractivity contribution in [2.75, 3.05) is 13.3 Å². The predicted octanol–water partition coefficient (Wildman–Crippen LogP) is 8.42. The number of hydrogen-bond donors (Lipinski definition) is 0. The molecule has 2 saturated carbocycles. The summed E-state index contributed by atoms with van der Waals surface area (Å²) in [7, 11) is 10.1. The van der Waals surface area contributed by atoms with Gasteiger partial charge >= 0.3 is 43.4 Å². The van der Waals surface area contributed by atoms with Crippen LogP contribution in [0.1, 0.15) is 38.5 Å². The molecule has 0 nitrogen and oxygen atoms in total. The van der Waals surface area contributed by atoms with Gasteiger partial charge in [-0.15, -0.1) is 7.92 Å². The van der Waals surface area contributed by atoms with E-state index in [9.17, 15) is 0 Å². The van der Waals surface area contributed by atoms with E-state index < -0.39 is 20.8 Å². The molecule has 3 unspecified atom stereocenters. The Morgan fingerprint density at radius 1 is 0.920 bits per heavy atom. The van der Waals surface area contributed by atoms with Crippen molar-refractivity contribution >= 4 is 53.4 Å². The Morgan fingerprint density at radius 2 is 1.44 bits per heavy atom. The molecule has 2 fully saturated rings. The van der Waals surface area contributed by atoms with Crippen molar-refractivity contribution in [3.05, 3.63) is 39.2 Å². The molecule has 0 spiro atoms. The van der Waals surface area contributed by atoms with Crippen LogP contribution in [0.5, 0.6) is 0 Å². The summed E-state index contributed by atoms with van der Waals surface area (Å²) in [5, 5.41) is 0. The minimum absolute atomic E-state index is 0. The van der Waals surface area contributed by atoms with Crippen molar-refractivity contribution in [1.82, 2.24) is 0 Å². The molecule has 0 aromatic heterocycles. The van der Waals surface area contributed by atoms with Gasteiger partial charge in [0.05, 0.1) is 0 Å². The van der Waals surface area contributed by atoms with Crippen LogP contribution in [0, 0.1) is 26.7 Å². The van der Waals surface area contributed by atoms with Gasteiger partial charge in [-0.25, -0.2) is 0 Å². The summed E-state index contributed by atoms with van der Waals surface area (Å²) in [6, 6.07) is 0. The molecule has 0 saturated heterocycles. The summed E-state index contributed by atoms with van der Waals surface area (Å²) in [6.45, 7) is 4.85. The first-order valence-corrected chi connectivity index (χ1v) is 17.8. The van der Waals surface area contributed by atoms with Crippen molar-refractivity contribution in [3.8, 4) is 0 Å². The Kier molecular flexibility index (Phi) is 19.8. The number of rotatable bonds is 2. The van der Waals surface area contributed by atoms with Gasteiger partial charge < -0.3 is 14.9 Å². The predicted molar refractivity (Wildman–Crippen MR) is 121 cm³/mol. The normalized spacial score (nSPS) is 26.1. The van der Waals surface area contributed by atoms with Gasteiger partial charge in [-0.3, -0.25) is 0 Å². The first-order chi connectivity index (χ1) is 11.0. The Balaban J connectivity index is 0. The van der Waals surface area contributed by atoms with Crippen LogP contribution in [0.4, 0.5) is 0 Å². The average molecular weight is 523 g/mol. The third kappa shape index (κ3) is 11.0. The van der Waals surface area contributed by atoms with Crippen LogP contribution in [0.3, 0.4) is 0 Å². The SMILES string of the molecule is CP(C)C1CCC2C=CC=CC21.ClB(Cl)C1CCCC1.[CH3-].[CH3-].[Cl][Zr+2][Cl]. The second kappa shape index (κ2) is 16.9. The first kappa shape index (κ1) is 29.2. The maximum absolute atomic E-state index is 5.65. The minimum atomic E-state index is -0.826. The van der Waals surface area contributed by atoms with E-state index in [2.05, 4.69) is 37.6 Å². The summed E-state index contributed by atoms with van der Waals surface area (Å²) >= 11 is 10.5. The van der Waals surface area contributed by atoms with Crippen LogP contribution in [0.2, 0.25) is 5.82 Å². The van der Waals surface area contributed by atoms with E-state index in [1.165, 1.54) is 38.5 Å². The molecule has 0 radical (unpaired) electrons. The first-order valence-electron chi connectivity index (χ1n) is 8.27. The van der Waals surface area contributed by atoms with E-state index in [1.807, 2.05) is 0 Å². The standard InChI is InChI=1S/C11H17P.C5H9BCl2.2CH3.2ClH.Zr/c1-12(2)11-8-7-9-5-3-4-6-10(9)11;7-6(8)5-3-1-2-4-5;;;;;/h3-6,9-11H,7-8H2,1-2H3;5H,1-4H2;2*1H3;2*1H;/q;;2*-1;;;+4/p-2. The maximum atomic E-state index is 5.65. The summed E-state index contributed by atoms with van der Waals surface area (Å²) in [4.78, 5) is 0. The zero-order chi connectivity index (χ0) is 17.2. The van der Waals surface area contributed by atoms with Crippen molar-refractivity contribution in [3.63, 3.8) is 0 Å². The van der Waals surface area contributed by atoms with Crippen molar-refractivity contribution in [2.24, 2.45) is 11.8 Å². The van der Waals surface area contributed by atoms with Crippen LogP contribution in [0.15, 0.2) is 24.3 Å². The van der Waals surface area contributed by atoms with Gasteiger partial charge in [-0.05, 0) is 49.5 Å². The molecule has 0 aliphatic heterocycles. The summed E-state index contributed by atoms with van der Waals surface area (Å²) in [6.07, 6.45) is 17.3. The van der Waals surface area contributed by atoms with Crippen molar-refractivity contribution < 1.29 is 20.8 Å². The molecule has 0 aromatic rings. The van der Waals surface area contributed by atoms with Gasteiger partial charge in [0.25, 0.3) is 0 Å². The van der Waals surface area contributed by atoms with E-state index in [1.54, 1.807) is 0 Å². The molecular formula is C18H32BCl4PZr. The van der Waals surface area contributed by atoms with Crippen LogP contribution in [-0.2, 0) is 20.8 Å². The summed E-state index contributed by atoms with van der Waals surface area (Å²) in [5.41, 5.74) is 0.892. The quantitative estimate of drug-likeness (QED) is 0.194. The third-order valence-electron chi connectivity index (χ3n) is 4.96. The van der Waals surface area contributed by atoms with Crippen LogP contribution < -0.4 is 0 Å².